The van der Waals surface area contributed by atoms with E-state index in [4.69, 9.17) is 9.15 Å². The third kappa shape index (κ3) is 4.14. The smallest absolute Gasteiger partial charge is 0.277 e. The lowest BCUT2D eigenvalue weighted by Crippen LogP contribution is -2.08. The molecule has 0 atom stereocenters. The number of aryl methyl sites for hydroxylation is 1. The van der Waals surface area contributed by atoms with Gasteiger partial charge in [0.2, 0.25) is 0 Å². The summed E-state index contributed by atoms with van der Waals surface area (Å²) in [5.74, 6) is 1.38. The quantitative estimate of drug-likeness (QED) is 0.387. The summed E-state index contributed by atoms with van der Waals surface area (Å²) in [7, 11) is 0. The zero-order valence-corrected chi connectivity index (χ0v) is 17.7. The highest BCUT2D eigenvalue weighted by Gasteiger charge is 2.19. The summed E-state index contributed by atoms with van der Waals surface area (Å²) in [6, 6.07) is 9.80. The van der Waals surface area contributed by atoms with Crippen molar-refractivity contribution in [1.29, 1.82) is 0 Å². The molecule has 0 unspecified atom stereocenters. The minimum Gasteiger partial charge on any atom is -0.493 e. The monoisotopic (exact) mass is 399 g/mol. The molecular weight excluding hydrogens is 374 g/mol. The van der Waals surface area contributed by atoms with Crippen LogP contribution in [-0.4, -0.2) is 32.9 Å². The lowest BCUT2D eigenvalue weighted by Gasteiger charge is -2.13. The number of nitrogens with zero attached hydrogens (tertiary/aromatic N) is 3. The number of hydrogen-bond acceptors (Lipinski definition) is 6. The third-order valence-corrected chi connectivity index (χ3v) is 5.27. The fourth-order valence-electron chi connectivity index (χ4n) is 3.36. The van der Waals surface area contributed by atoms with E-state index in [1.54, 1.807) is 0 Å². The van der Waals surface area contributed by atoms with Gasteiger partial charge in [0.15, 0.2) is 5.78 Å². The first-order valence-electron chi connectivity index (χ1n) is 9.32. The first-order valence-corrected chi connectivity index (χ1v) is 10.3. The Balaban J connectivity index is 1.72. The van der Waals surface area contributed by atoms with Crippen LogP contribution >= 0.6 is 11.8 Å². The minimum atomic E-state index is 0.0551. The Labute approximate surface area is 169 Å². The van der Waals surface area contributed by atoms with Crippen molar-refractivity contribution in [3.8, 4) is 17.2 Å². The summed E-state index contributed by atoms with van der Waals surface area (Å²) >= 11 is 1.25. The predicted molar refractivity (Wildman–Crippen MR) is 110 cm³/mol. The van der Waals surface area contributed by atoms with Crippen molar-refractivity contribution < 1.29 is 13.9 Å². The number of aromatic nitrogens is 3. The number of carbonyl (C=O) groups excluding carboxylic acids is 1. The van der Waals surface area contributed by atoms with Gasteiger partial charge in [-0.1, -0.05) is 23.9 Å². The van der Waals surface area contributed by atoms with Gasteiger partial charge < -0.3 is 13.7 Å². The van der Waals surface area contributed by atoms with Crippen LogP contribution in [0.3, 0.4) is 0 Å². The number of para-hydroxylation sites is 1. The Hall–Kier alpha value is -2.54. The minimum absolute atomic E-state index is 0.0551. The molecular formula is C21H25N3O3S. The van der Waals surface area contributed by atoms with Gasteiger partial charge in [-0.2, -0.15) is 0 Å². The molecule has 6 nitrogen and oxygen atoms in total. The molecule has 3 rings (SSSR count). The zero-order chi connectivity index (χ0) is 20.3. The van der Waals surface area contributed by atoms with Gasteiger partial charge in [0, 0.05) is 23.0 Å². The lowest BCUT2D eigenvalue weighted by atomic mass is 10.2. The first kappa shape index (κ1) is 20.2. The number of rotatable bonds is 8. The average molecular weight is 400 g/mol. The summed E-state index contributed by atoms with van der Waals surface area (Å²) in [6.07, 6.45) is 0. The van der Waals surface area contributed by atoms with Crippen LogP contribution in [0.25, 0.3) is 11.5 Å². The van der Waals surface area contributed by atoms with Gasteiger partial charge in [-0.05, 0) is 52.8 Å². The van der Waals surface area contributed by atoms with Crippen LogP contribution in [0.5, 0.6) is 5.75 Å². The van der Waals surface area contributed by atoms with E-state index in [-0.39, 0.29) is 11.5 Å². The van der Waals surface area contributed by atoms with Gasteiger partial charge >= 0.3 is 0 Å². The molecule has 0 radical (unpaired) electrons. The Bertz CT molecular complexity index is 975. The number of hydrogen-bond donors (Lipinski definition) is 0. The molecule has 2 heterocycles. The van der Waals surface area contributed by atoms with E-state index in [9.17, 15) is 4.79 Å². The number of benzene rings is 1. The average Bonchev–Trinajstić information content (AvgIpc) is 3.24. The van der Waals surface area contributed by atoms with Crippen LogP contribution in [0.4, 0.5) is 0 Å². The van der Waals surface area contributed by atoms with E-state index in [1.165, 1.54) is 11.8 Å². The molecule has 0 spiro atoms. The fourth-order valence-corrected chi connectivity index (χ4v) is 4.01. The highest BCUT2D eigenvalue weighted by atomic mass is 32.2. The van der Waals surface area contributed by atoms with Gasteiger partial charge in [0.05, 0.1) is 17.9 Å². The van der Waals surface area contributed by atoms with E-state index in [0.717, 1.165) is 22.5 Å². The fraction of sp³-hybridized carbons (Fsp3) is 0.381. The molecule has 0 aliphatic rings. The van der Waals surface area contributed by atoms with Crippen LogP contribution in [0, 0.1) is 13.8 Å². The number of ketones is 1. The molecule has 1 aromatic carbocycles. The van der Waals surface area contributed by atoms with Crippen molar-refractivity contribution in [3.05, 3.63) is 47.3 Å². The molecule has 148 valence electrons. The lowest BCUT2D eigenvalue weighted by molar-refractivity contribution is 0.102. The molecule has 28 heavy (non-hydrogen) atoms. The molecule has 0 aliphatic carbocycles. The van der Waals surface area contributed by atoms with E-state index in [2.05, 4.69) is 28.6 Å². The molecule has 3 aromatic rings. The normalized spacial score (nSPS) is 11.2. The van der Waals surface area contributed by atoms with Crippen molar-refractivity contribution in [2.45, 2.75) is 45.9 Å². The van der Waals surface area contributed by atoms with Gasteiger partial charge in [-0.15, -0.1) is 10.2 Å². The summed E-state index contributed by atoms with van der Waals surface area (Å²) < 4.78 is 13.5. The van der Waals surface area contributed by atoms with E-state index < -0.39 is 0 Å². The molecule has 0 saturated heterocycles. The van der Waals surface area contributed by atoms with Crippen LogP contribution in [0.1, 0.15) is 48.6 Å². The highest BCUT2D eigenvalue weighted by Crippen LogP contribution is 2.31. The number of ether oxygens (including phenoxy) is 1. The van der Waals surface area contributed by atoms with Crippen molar-refractivity contribution in [3.63, 3.8) is 0 Å². The maximum Gasteiger partial charge on any atom is 0.277 e. The van der Waals surface area contributed by atoms with Gasteiger partial charge in [0.25, 0.3) is 11.1 Å². The molecule has 0 amide bonds. The molecule has 0 aliphatic heterocycles. The maximum atomic E-state index is 12.7. The van der Waals surface area contributed by atoms with Crippen LogP contribution in [-0.2, 0) is 0 Å². The largest absolute Gasteiger partial charge is 0.493 e. The zero-order valence-electron chi connectivity index (χ0n) is 16.9. The summed E-state index contributed by atoms with van der Waals surface area (Å²) in [5, 5.41) is 8.54. The second-order valence-electron chi connectivity index (χ2n) is 6.76. The Morgan fingerprint density at radius 3 is 2.68 bits per heavy atom. The number of thioether (sulfide) groups is 1. The first-order chi connectivity index (χ1) is 13.4. The molecule has 0 saturated carbocycles. The van der Waals surface area contributed by atoms with Gasteiger partial charge in [-0.3, -0.25) is 4.79 Å². The maximum absolute atomic E-state index is 12.7. The van der Waals surface area contributed by atoms with Crippen LogP contribution in [0.15, 0.2) is 40.0 Å². The molecule has 0 fully saturated rings. The van der Waals surface area contributed by atoms with E-state index in [0.29, 0.717) is 29.5 Å². The SMILES string of the molecule is CCOc1ccccc1-c1nnc(SCC(=O)c2cc(C)n(C(C)C)c2C)o1. The van der Waals surface area contributed by atoms with Crippen molar-refractivity contribution in [2.75, 3.05) is 12.4 Å². The standard InChI is InChI=1S/C21H25N3O3S/c1-6-26-19-10-8-7-9-16(19)20-22-23-21(27-20)28-12-18(25)17-11-14(4)24(13(2)3)15(17)5/h7-11,13H,6,12H2,1-5H3. The predicted octanol–water partition coefficient (Wildman–Crippen LogP) is 5.11. The van der Waals surface area contributed by atoms with Crippen molar-refractivity contribution in [1.82, 2.24) is 14.8 Å². The Kier molecular flexibility index (Phi) is 6.24. The number of carbonyl (C=O) groups is 1. The Morgan fingerprint density at radius 1 is 1.25 bits per heavy atom. The highest BCUT2D eigenvalue weighted by molar-refractivity contribution is 7.99. The molecule has 0 bridgehead atoms. The molecule has 7 heteroatoms. The summed E-state index contributed by atoms with van der Waals surface area (Å²) in [6.45, 7) is 10.7. The van der Waals surface area contributed by atoms with E-state index >= 15 is 0 Å². The summed E-state index contributed by atoms with van der Waals surface area (Å²) in [4.78, 5) is 12.7. The van der Waals surface area contributed by atoms with Gasteiger partial charge in [0.1, 0.15) is 5.75 Å². The summed E-state index contributed by atoms with van der Waals surface area (Å²) in [5.41, 5.74) is 3.58. The second-order valence-corrected chi connectivity index (χ2v) is 7.69. The van der Waals surface area contributed by atoms with Crippen LogP contribution < -0.4 is 4.74 Å². The topological polar surface area (TPSA) is 70.2 Å². The second kappa shape index (κ2) is 8.65. The van der Waals surface area contributed by atoms with E-state index in [1.807, 2.05) is 51.1 Å². The van der Waals surface area contributed by atoms with Crippen molar-refractivity contribution >= 4 is 17.5 Å². The van der Waals surface area contributed by atoms with Gasteiger partial charge in [-0.25, -0.2) is 0 Å². The number of Topliss-reactive ketones (excluding diaryl/α,β-unsaturated/α-hetero) is 1. The molecule has 2 aromatic heterocycles. The molecule has 0 N–H and O–H groups in total. The van der Waals surface area contributed by atoms with Crippen LogP contribution in [0.2, 0.25) is 0 Å². The van der Waals surface area contributed by atoms with Crippen molar-refractivity contribution in [2.24, 2.45) is 0 Å². The third-order valence-electron chi connectivity index (χ3n) is 4.45. The Morgan fingerprint density at radius 2 is 2.00 bits per heavy atom.